The summed E-state index contributed by atoms with van der Waals surface area (Å²) in [5.74, 6) is 6.25. The second kappa shape index (κ2) is 11.1. The maximum Gasteiger partial charge on any atom is 0.237 e. The molecule has 1 fully saturated rings. The van der Waals surface area contributed by atoms with Crippen LogP contribution in [0, 0.1) is 5.92 Å². The van der Waals surface area contributed by atoms with Crippen LogP contribution in [-0.4, -0.2) is 30.5 Å². The Balaban J connectivity index is 1.77. The zero-order valence-electron chi connectivity index (χ0n) is 15.5. The molecule has 0 aliphatic carbocycles. The number of nitrogens with two attached hydrogens (primary N) is 1. The molecule has 2 rings (SSSR count). The summed E-state index contributed by atoms with van der Waals surface area (Å²) in [4.78, 5) is 14.0. The van der Waals surface area contributed by atoms with E-state index >= 15 is 0 Å². The smallest absolute Gasteiger partial charge is 0.237 e. The molecule has 5 heteroatoms. The first-order chi connectivity index (χ1) is 12.2. The average Bonchev–Trinajstić information content (AvgIpc) is 2.66. The fourth-order valence-corrected chi connectivity index (χ4v) is 3.38. The first-order valence-corrected chi connectivity index (χ1v) is 9.68. The monoisotopic (exact) mass is 347 g/mol. The molecule has 0 spiro atoms. The number of nitrogens with zero attached hydrogens (tertiary/aromatic N) is 1. The van der Waals surface area contributed by atoms with E-state index in [-0.39, 0.29) is 11.8 Å². The second-order valence-corrected chi connectivity index (χ2v) is 6.93. The lowest BCUT2D eigenvalue weighted by molar-refractivity contribution is -0.126. The Kier molecular flexibility index (Phi) is 8.77. The Morgan fingerprint density at radius 1 is 1.20 bits per heavy atom. The fourth-order valence-electron chi connectivity index (χ4n) is 3.38. The molecule has 140 valence electrons. The Morgan fingerprint density at radius 3 is 2.64 bits per heavy atom. The van der Waals surface area contributed by atoms with Crippen molar-refractivity contribution in [2.24, 2.45) is 11.8 Å². The van der Waals surface area contributed by atoms with Crippen LogP contribution in [0.1, 0.15) is 57.4 Å². The van der Waals surface area contributed by atoms with Gasteiger partial charge in [-0.2, -0.15) is 0 Å². The summed E-state index contributed by atoms with van der Waals surface area (Å²) in [5, 5.41) is 0. The van der Waals surface area contributed by atoms with Crippen molar-refractivity contribution in [3.8, 4) is 5.75 Å². The Hall–Kier alpha value is -1.59. The summed E-state index contributed by atoms with van der Waals surface area (Å²) in [5.41, 5.74) is 3.51. The Bertz CT molecular complexity index is 513. The number of hydrogen-bond acceptors (Lipinski definition) is 4. The van der Waals surface area contributed by atoms with Crippen molar-refractivity contribution in [2.75, 3.05) is 19.7 Å². The normalized spacial score (nSPS) is 15.9. The van der Waals surface area contributed by atoms with E-state index in [1.807, 2.05) is 6.07 Å². The van der Waals surface area contributed by atoms with E-state index in [9.17, 15) is 4.79 Å². The Morgan fingerprint density at radius 2 is 1.92 bits per heavy atom. The number of hydrazine groups is 1. The van der Waals surface area contributed by atoms with Gasteiger partial charge in [-0.3, -0.25) is 15.1 Å². The van der Waals surface area contributed by atoms with Crippen LogP contribution in [0.15, 0.2) is 24.3 Å². The van der Waals surface area contributed by atoms with E-state index in [0.717, 1.165) is 51.3 Å². The van der Waals surface area contributed by atoms with Gasteiger partial charge in [0.25, 0.3) is 0 Å². The zero-order valence-corrected chi connectivity index (χ0v) is 15.5. The van der Waals surface area contributed by atoms with Gasteiger partial charge in [-0.25, -0.2) is 5.84 Å². The van der Waals surface area contributed by atoms with Crippen LogP contribution in [0.3, 0.4) is 0 Å². The number of amides is 1. The van der Waals surface area contributed by atoms with Crippen molar-refractivity contribution in [3.63, 3.8) is 0 Å². The summed E-state index contributed by atoms with van der Waals surface area (Å²) < 4.78 is 6.03. The number of likely N-dealkylation sites (tertiary alicyclic amines) is 1. The first-order valence-electron chi connectivity index (χ1n) is 9.68. The summed E-state index contributed by atoms with van der Waals surface area (Å²) in [7, 11) is 0. The highest BCUT2D eigenvalue weighted by Gasteiger charge is 2.24. The molecule has 3 N–H and O–H groups in total. The molecule has 0 aromatic heterocycles. The van der Waals surface area contributed by atoms with Crippen LogP contribution < -0.4 is 16.0 Å². The van der Waals surface area contributed by atoms with E-state index in [1.54, 1.807) is 0 Å². The maximum atomic E-state index is 11.6. The van der Waals surface area contributed by atoms with Gasteiger partial charge in [-0.15, -0.1) is 0 Å². The number of nitrogens with one attached hydrogen (secondary N) is 1. The highest BCUT2D eigenvalue weighted by molar-refractivity contribution is 5.78. The summed E-state index contributed by atoms with van der Waals surface area (Å²) in [6.07, 6.45) is 7.97. The van der Waals surface area contributed by atoms with Gasteiger partial charge in [-0.1, -0.05) is 50.8 Å². The van der Waals surface area contributed by atoms with E-state index in [0.29, 0.717) is 0 Å². The molecule has 1 aliphatic heterocycles. The lowest BCUT2D eigenvalue weighted by Crippen LogP contribution is -2.42. The van der Waals surface area contributed by atoms with Crippen LogP contribution in [0.25, 0.3) is 0 Å². The number of rotatable bonds is 10. The van der Waals surface area contributed by atoms with Crippen molar-refractivity contribution in [1.29, 1.82) is 0 Å². The second-order valence-electron chi connectivity index (χ2n) is 6.93. The van der Waals surface area contributed by atoms with Gasteiger partial charge in [0, 0.05) is 18.0 Å². The van der Waals surface area contributed by atoms with Gasteiger partial charge in [0.15, 0.2) is 0 Å². The maximum absolute atomic E-state index is 11.6. The van der Waals surface area contributed by atoms with Gasteiger partial charge < -0.3 is 4.74 Å². The van der Waals surface area contributed by atoms with Gasteiger partial charge in [0.05, 0.1) is 6.61 Å². The average molecular weight is 348 g/mol. The van der Waals surface area contributed by atoms with E-state index in [4.69, 9.17) is 10.6 Å². The van der Waals surface area contributed by atoms with Crippen LogP contribution >= 0.6 is 0 Å². The zero-order chi connectivity index (χ0) is 17.9. The minimum atomic E-state index is -0.0357. The van der Waals surface area contributed by atoms with Crippen molar-refractivity contribution < 1.29 is 9.53 Å². The third-order valence-electron chi connectivity index (χ3n) is 4.97. The number of piperidine rings is 1. The van der Waals surface area contributed by atoms with E-state index in [1.165, 1.54) is 31.2 Å². The number of ether oxygens (including phenoxy) is 1. The summed E-state index contributed by atoms with van der Waals surface area (Å²) >= 11 is 0. The van der Waals surface area contributed by atoms with Crippen LogP contribution in [0.4, 0.5) is 0 Å². The van der Waals surface area contributed by atoms with Crippen LogP contribution in [0.2, 0.25) is 0 Å². The predicted octanol–water partition coefficient (Wildman–Crippen LogP) is 3.24. The highest BCUT2D eigenvalue weighted by Crippen LogP contribution is 2.24. The molecule has 1 aromatic carbocycles. The molecule has 5 nitrogen and oxygen atoms in total. The van der Waals surface area contributed by atoms with E-state index < -0.39 is 0 Å². The van der Waals surface area contributed by atoms with Gasteiger partial charge in [-0.05, 0) is 38.4 Å². The number of carbonyl (C=O) groups is 1. The molecule has 0 radical (unpaired) electrons. The van der Waals surface area contributed by atoms with Crippen molar-refractivity contribution >= 4 is 5.91 Å². The number of unbranched alkanes of at least 4 members (excludes halogenated alkanes) is 4. The topological polar surface area (TPSA) is 67.6 Å². The molecule has 0 bridgehead atoms. The number of para-hydroxylation sites is 1. The molecule has 1 aromatic rings. The van der Waals surface area contributed by atoms with Crippen LogP contribution in [-0.2, 0) is 11.3 Å². The quantitative estimate of drug-likeness (QED) is 0.295. The molecule has 25 heavy (non-hydrogen) atoms. The van der Waals surface area contributed by atoms with Gasteiger partial charge in [0.1, 0.15) is 5.75 Å². The lowest BCUT2D eigenvalue weighted by Gasteiger charge is -2.31. The molecule has 0 atom stereocenters. The standard InChI is InChI=1S/C20H33N3O2/c1-2-3-4-5-8-15-25-19-10-7-6-9-18(19)16-23-13-11-17(12-14-23)20(24)22-21/h6-7,9-10,17H,2-5,8,11-16,21H2,1H3,(H,22,24). The van der Waals surface area contributed by atoms with Gasteiger partial charge in [0.2, 0.25) is 5.91 Å². The molecule has 1 amide bonds. The molecule has 1 aliphatic rings. The number of hydrogen-bond donors (Lipinski definition) is 2. The molecule has 1 heterocycles. The van der Waals surface area contributed by atoms with Crippen molar-refractivity contribution in [1.82, 2.24) is 10.3 Å². The third kappa shape index (κ3) is 6.67. The first kappa shape index (κ1) is 19.7. The molecular weight excluding hydrogens is 314 g/mol. The predicted molar refractivity (Wildman–Crippen MR) is 101 cm³/mol. The number of carbonyl (C=O) groups excluding carboxylic acids is 1. The van der Waals surface area contributed by atoms with Crippen molar-refractivity contribution in [3.05, 3.63) is 29.8 Å². The molecule has 0 unspecified atom stereocenters. The largest absolute Gasteiger partial charge is 0.493 e. The van der Waals surface area contributed by atoms with Crippen molar-refractivity contribution in [2.45, 2.75) is 58.4 Å². The minimum Gasteiger partial charge on any atom is -0.493 e. The van der Waals surface area contributed by atoms with E-state index in [2.05, 4.69) is 35.4 Å². The fraction of sp³-hybridized carbons (Fsp3) is 0.650. The number of benzene rings is 1. The SMILES string of the molecule is CCCCCCCOc1ccccc1CN1CCC(C(=O)NN)CC1. The molecule has 1 saturated heterocycles. The third-order valence-corrected chi connectivity index (χ3v) is 4.97. The van der Waals surface area contributed by atoms with Gasteiger partial charge >= 0.3 is 0 Å². The Labute approximate surface area is 151 Å². The minimum absolute atomic E-state index is 0.0357. The van der Waals surface area contributed by atoms with Crippen LogP contribution in [0.5, 0.6) is 5.75 Å². The summed E-state index contributed by atoms with van der Waals surface area (Å²) in [6.45, 7) is 5.74. The summed E-state index contributed by atoms with van der Waals surface area (Å²) in [6, 6.07) is 8.31. The lowest BCUT2D eigenvalue weighted by atomic mass is 9.96. The highest BCUT2D eigenvalue weighted by atomic mass is 16.5. The molecule has 0 saturated carbocycles. The molecular formula is C20H33N3O2.